The van der Waals surface area contributed by atoms with Crippen LogP contribution in [0.1, 0.15) is 16.7 Å². The zero-order valence-electron chi connectivity index (χ0n) is 14.6. The predicted molar refractivity (Wildman–Crippen MR) is 105 cm³/mol. The van der Waals surface area contributed by atoms with Crippen LogP contribution >= 0.6 is 15.9 Å². The molecule has 1 aliphatic heterocycles. The Bertz CT molecular complexity index is 747. The second-order valence-corrected chi connectivity index (χ2v) is 7.32. The van der Waals surface area contributed by atoms with E-state index in [2.05, 4.69) is 38.3 Å². The molecule has 1 fully saturated rings. The summed E-state index contributed by atoms with van der Waals surface area (Å²) in [6.45, 7) is 7.45. The van der Waals surface area contributed by atoms with Gasteiger partial charge in [-0.25, -0.2) is 0 Å². The van der Waals surface area contributed by atoms with E-state index in [4.69, 9.17) is 4.74 Å². The van der Waals surface area contributed by atoms with Crippen molar-refractivity contribution in [3.8, 4) is 0 Å². The fraction of sp³-hybridized carbons (Fsp3) is 0.350. The highest BCUT2D eigenvalue weighted by Crippen LogP contribution is 2.28. The molecule has 1 amide bonds. The molecule has 25 heavy (non-hydrogen) atoms. The number of benzene rings is 2. The van der Waals surface area contributed by atoms with Gasteiger partial charge >= 0.3 is 0 Å². The lowest BCUT2D eigenvalue weighted by Crippen LogP contribution is -2.36. The second-order valence-electron chi connectivity index (χ2n) is 6.41. The maximum Gasteiger partial charge on any atom is 0.228 e. The quantitative estimate of drug-likeness (QED) is 0.837. The van der Waals surface area contributed by atoms with Crippen molar-refractivity contribution in [2.75, 3.05) is 36.5 Å². The molecule has 4 nitrogen and oxygen atoms in total. The number of morpholine rings is 1. The van der Waals surface area contributed by atoms with Crippen LogP contribution in [0.15, 0.2) is 40.9 Å². The van der Waals surface area contributed by atoms with E-state index >= 15 is 0 Å². The van der Waals surface area contributed by atoms with Crippen molar-refractivity contribution in [2.45, 2.75) is 20.3 Å². The SMILES string of the molecule is Cc1cc(N2CCOCC2)cc(C)c1NC(=O)Cc1cccc(Br)c1. The number of aryl methyl sites for hydroxylation is 2. The number of nitrogens with one attached hydrogen (secondary N) is 1. The summed E-state index contributed by atoms with van der Waals surface area (Å²) in [4.78, 5) is 14.8. The monoisotopic (exact) mass is 402 g/mol. The highest BCUT2D eigenvalue weighted by molar-refractivity contribution is 9.10. The number of nitrogens with zero attached hydrogens (tertiary/aromatic N) is 1. The Morgan fingerprint density at radius 2 is 1.84 bits per heavy atom. The van der Waals surface area contributed by atoms with Crippen LogP contribution < -0.4 is 10.2 Å². The molecule has 1 N–H and O–H groups in total. The van der Waals surface area contributed by atoms with Gasteiger partial charge in [0.1, 0.15) is 0 Å². The topological polar surface area (TPSA) is 41.6 Å². The van der Waals surface area contributed by atoms with Gasteiger partial charge in [0.15, 0.2) is 0 Å². The molecular weight excluding hydrogens is 380 g/mol. The average Bonchev–Trinajstić information content (AvgIpc) is 2.59. The molecule has 0 radical (unpaired) electrons. The van der Waals surface area contributed by atoms with E-state index in [1.807, 2.05) is 38.1 Å². The van der Waals surface area contributed by atoms with Crippen molar-refractivity contribution in [3.63, 3.8) is 0 Å². The lowest BCUT2D eigenvalue weighted by Gasteiger charge is -2.30. The number of hydrogen-bond donors (Lipinski definition) is 1. The van der Waals surface area contributed by atoms with Crippen LogP contribution in [0, 0.1) is 13.8 Å². The highest BCUT2D eigenvalue weighted by Gasteiger charge is 2.15. The van der Waals surface area contributed by atoms with Gasteiger partial charge in [0, 0.05) is 28.9 Å². The molecule has 1 aliphatic rings. The van der Waals surface area contributed by atoms with Crippen LogP contribution in [0.4, 0.5) is 11.4 Å². The molecule has 3 rings (SSSR count). The smallest absolute Gasteiger partial charge is 0.228 e. The number of anilines is 2. The Morgan fingerprint density at radius 1 is 1.16 bits per heavy atom. The maximum atomic E-state index is 12.4. The lowest BCUT2D eigenvalue weighted by molar-refractivity contribution is -0.115. The molecule has 1 heterocycles. The number of carbonyl (C=O) groups is 1. The summed E-state index contributed by atoms with van der Waals surface area (Å²) in [5.41, 5.74) is 5.28. The highest BCUT2D eigenvalue weighted by atomic mass is 79.9. The largest absolute Gasteiger partial charge is 0.378 e. The Labute approximate surface area is 157 Å². The van der Waals surface area contributed by atoms with Crippen LogP contribution in [0.5, 0.6) is 0 Å². The molecular formula is C20H23BrN2O2. The van der Waals surface area contributed by atoms with Gasteiger partial charge < -0.3 is 15.0 Å². The molecule has 0 atom stereocenters. The van der Waals surface area contributed by atoms with E-state index in [1.54, 1.807) is 0 Å². The van der Waals surface area contributed by atoms with E-state index in [1.165, 1.54) is 5.69 Å². The molecule has 0 unspecified atom stereocenters. The van der Waals surface area contributed by atoms with Crippen LogP contribution in [0.25, 0.3) is 0 Å². The average molecular weight is 403 g/mol. The van der Waals surface area contributed by atoms with E-state index in [-0.39, 0.29) is 5.91 Å². The molecule has 1 saturated heterocycles. The number of rotatable bonds is 4. The molecule has 2 aromatic rings. The third-order valence-electron chi connectivity index (χ3n) is 4.41. The minimum absolute atomic E-state index is 0.00317. The van der Waals surface area contributed by atoms with Crippen LogP contribution in [-0.4, -0.2) is 32.2 Å². The summed E-state index contributed by atoms with van der Waals surface area (Å²) in [6.07, 6.45) is 0.365. The first-order valence-corrected chi connectivity index (χ1v) is 9.30. The zero-order valence-corrected chi connectivity index (χ0v) is 16.2. The van der Waals surface area contributed by atoms with E-state index in [0.717, 1.165) is 53.2 Å². The van der Waals surface area contributed by atoms with Crippen molar-refractivity contribution < 1.29 is 9.53 Å². The molecule has 0 aromatic heterocycles. The van der Waals surface area contributed by atoms with E-state index < -0.39 is 0 Å². The first kappa shape index (κ1) is 18.0. The van der Waals surface area contributed by atoms with Gasteiger partial charge in [-0.15, -0.1) is 0 Å². The fourth-order valence-corrected chi connectivity index (χ4v) is 3.60. The Morgan fingerprint density at radius 3 is 2.48 bits per heavy atom. The van der Waals surface area contributed by atoms with Gasteiger partial charge in [-0.1, -0.05) is 28.1 Å². The van der Waals surface area contributed by atoms with Gasteiger partial charge in [-0.05, 0) is 54.8 Å². The molecule has 0 aliphatic carbocycles. The van der Waals surface area contributed by atoms with Crippen LogP contribution in [0.2, 0.25) is 0 Å². The molecule has 0 bridgehead atoms. The fourth-order valence-electron chi connectivity index (χ4n) is 3.16. The molecule has 2 aromatic carbocycles. The number of hydrogen-bond acceptors (Lipinski definition) is 3. The van der Waals surface area contributed by atoms with E-state index in [9.17, 15) is 4.79 Å². The van der Waals surface area contributed by atoms with Crippen molar-refractivity contribution in [3.05, 3.63) is 57.6 Å². The molecule has 0 saturated carbocycles. The summed E-state index contributed by atoms with van der Waals surface area (Å²) in [7, 11) is 0. The van der Waals surface area contributed by atoms with Crippen LogP contribution in [0.3, 0.4) is 0 Å². The summed E-state index contributed by atoms with van der Waals surface area (Å²) in [5, 5.41) is 3.08. The van der Waals surface area contributed by atoms with Gasteiger partial charge in [-0.2, -0.15) is 0 Å². The zero-order chi connectivity index (χ0) is 17.8. The minimum atomic E-state index is 0.00317. The maximum absolute atomic E-state index is 12.4. The molecule has 132 valence electrons. The Hall–Kier alpha value is -1.85. The van der Waals surface area contributed by atoms with E-state index in [0.29, 0.717) is 6.42 Å². The molecule has 5 heteroatoms. The van der Waals surface area contributed by atoms with Crippen molar-refractivity contribution in [1.82, 2.24) is 0 Å². The summed E-state index contributed by atoms with van der Waals surface area (Å²) >= 11 is 3.44. The third kappa shape index (κ3) is 4.61. The summed E-state index contributed by atoms with van der Waals surface area (Å²) in [5.74, 6) is 0.00317. The summed E-state index contributed by atoms with van der Waals surface area (Å²) < 4.78 is 6.41. The normalized spacial score (nSPS) is 14.4. The minimum Gasteiger partial charge on any atom is -0.378 e. The lowest BCUT2D eigenvalue weighted by atomic mass is 10.1. The standard InChI is InChI=1S/C20H23BrN2O2/c1-14-10-18(23-6-8-25-9-7-23)11-15(2)20(14)22-19(24)13-16-4-3-5-17(21)12-16/h3-5,10-12H,6-9,13H2,1-2H3,(H,22,24). The first-order chi connectivity index (χ1) is 12.0. The number of amides is 1. The number of ether oxygens (including phenoxy) is 1. The Balaban J connectivity index is 1.72. The van der Waals surface area contributed by atoms with Gasteiger partial charge in [0.25, 0.3) is 0 Å². The van der Waals surface area contributed by atoms with Gasteiger partial charge in [-0.3, -0.25) is 4.79 Å². The number of carbonyl (C=O) groups excluding carboxylic acids is 1. The third-order valence-corrected chi connectivity index (χ3v) is 4.91. The van der Waals surface area contributed by atoms with Gasteiger partial charge in [0.2, 0.25) is 5.91 Å². The predicted octanol–water partition coefficient (Wildman–Crippen LogP) is 4.08. The van der Waals surface area contributed by atoms with Crippen molar-refractivity contribution >= 4 is 33.2 Å². The van der Waals surface area contributed by atoms with Crippen molar-refractivity contribution in [2.24, 2.45) is 0 Å². The Kier molecular flexibility index (Phi) is 5.76. The first-order valence-electron chi connectivity index (χ1n) is 8.51. The molecule has 0 spiro atoms. The van der Waals surface area contributed by atoms with Crippen LogP contribution in [-0.2, 0) is 16.0 Å². The van der Waals surface area contributed by atoms with Gasteiger partial charge in [0.05, 0.1) is 19.6 Å². The summed E-state index contributed by atoms with van der Waals surface area (Å²) in [6, 6.07) is 12.1. The second kappa shape index (κ2) is 8.02. The van der Waals surface area contributed by atoms with Crippen molar-refractivity contribution in [1.29, 1.82) is 0 Å². The number of halogens is 1.